The first-order chi connectivity index (χ1) is 35.9. The van der Waals surface area contributed by atoms with Gasteiger partial charge in [-0.3, -0.25) is 13.7 Å². The second-order valence-electron chi connectivity index (χ2n) is 23.3. The third kappa shape index (κ3) is 9.49. The average molecular weight is 979 g/mol. The number of hydrogen-bond acceptors (Lipinski definition) is 2. The summed E-state index contributed by atoms with van der Waals surface area (Å²) in [5.74, 6) is 2.32. The van der Waals surface area contributed by atoms with E-state index in [0.29, 0.717) is 0 Å². The predicted octanol–water partition coefficient (Wildman–Crippen LogP) is 17.4. The molecule has 0 bridgehead atoms. The summed E-state index contributed by atoms with van der Waals surface area (Å²) in [7, 11) is 0. The normalized spacial score (nSPS) is 12.4. The van der Waals surface area contributed by atoms with Crippen LogP contribution >= 0.6 is 0 Å². The fourth-order valence-electron chi connectivity index (χ4n) is 10.5. The van der Waals surface area contributed by atoms with Gasteiger partial charge in [-0.2, -0.15) is 0 Å². The number of benzene rings is 8. The number of nitrogens with zero attached hydrogens (tertiary/aromatic N) is 4. The van der Waals surface area contributed by atoms with Gasteiger partial charge in [0.1, 0.15) is 17.3 Å². The number of aromatic nitrogens is 4. The van der Waals surface area contributed by atoms with E-state index in [1.165, 1.54) is 44.3 Å². The highest BCUT2D eigenvalue weighted by atomic mass is 16.5. The number of hydrogen-bond donors (Lipinski definition) is 0. The minimum Gasteiger partial charge on any atom is -0.458 e. The van der Waals surface area contributed by atoms with Crippen molar-refractivity contribution in [1.29, 1.82) is 0 Å². The van der Waals surface area contributed by atoms with E-state index in [9.17, 15) is 0 Å². The first-order valence-corrected chi connectivity index (χ1v) is 26.3. The summed E-state index contributed by atoms with van der Waals surface area (Å²) in [6.07, 6.45) is 8.01. The maximum absolute atomic E-state index is 7.21. The molecule has 8 aromatic carbocycles. The molecule has 5 nitrogen and oxygen atoms in total. The van der Waals surface area contributed by atoms with Crippen LogP contribution in [-0.4, -0.2) is 14.1 Å². The molecule has 0 amide bonds. The van der Waals surface area contributed by atoms with Crippen LogP contribution in [-0.2, 0) is 21.7 Å². The zero-order chi connectivity index (χ0) is 52.3. The highest BCUT2D eigenvalue weighted by Crippen LogP contribution is 2.42. The molecule has 0 radical (unpaired) electrons. The van der Waals surface area contributed by atoms with Crippen LogP contribution in [0.3, 0.4) is 0 Å². The molecule has 0 spiro atoms. The molecule has 3 heterocycles. The lowest BCUT2D eigenvalue weighted by atomic mass is 9.78. The Morgan fingerprint density at radius 2 is 1.04 bits per heavy atom. The summed E-state index contributed by atoms with van der Waals surface area (Å²) >= 11 is 0. The van der Waals surface area contributed by atoms with E-state index in [2.05, 4.69) is 302 Å². The van der Waals surface area contributed by atoms with E-state index in [1.54, 1.807) is 0 Å². The number of rotatable bonds is 11. The number of imidazole rings is 1. The van der Waals surface area contributed by atoms with Crippen LogP contribution in [0.25, 0.3) is 61.4 Å². The molecule has 0 unspecified atom stereocenters. The van der Waals surface area contributed by atoms with Crippen LogP contribution in [0.4, 0.5) is 0 Å². The molecule has 0 N–H and O–H groups in total. The number of ether oxygens (including phenoxy) is 1. The van der Waals surface area contributed by atoms with E-state index in [-0.39, 0.29) is 21.7 Å². The van der Waals surface area contributed by atoms with Gasteiger partial charge < -0.3 is 4.74 Å². The summed E-state index contributed by atoms with van der Waals surface area (Å²) in [6, 6.07) is 74.2. The van der Waals surface area contributed by atoms with E-state index in [1.807, 2.05) is 6.20 Å². The van der Waals surface area contributed by atoms with Crippen molar-refractivity contribution >= 4 is 21.8 Å². The fourth-order valence-corrected chi connectivity index (χ4v) is 10.5. The van der Waals surface area contributed by atoms with E-state index in [4.69, 9.17) is 9.72 Å². The molecule has 0 aliphatic carbocycles. The zero-order valence-corrected chi connectivity index (χ0v) is 45.0. The molecule has 0 fully saturated rings. The largest absolute Gasteiger partial charge is 0.458 e. The van der Waals surface area contributed by atoms with Gasteiger partial charge in [0.25, 0.3) is 6.33 Å². The smallest absolute Gasteiger partial charge is 0.269 e. The first kappa shape index (κ1) is 49.0. The van der Waals surface area contributed by atoms with Gasteiger partial charge in [0, 0.05) is 40.1 Å². The lowest BCUT2D eigenvalue weighted by molar-refractivity contribution is -0.599. The molecule has 75 heavy (non-hydrogen) atoms. The Bertz CT molecular complexity index is 3850. The molecule has 0 atom stereocenters. The lowest BCUT2D eigenvalue weighted by Crippen LogP contribution is -2.29. The van der Waals surface area contributed by atoms with Crippen LogP contribution in [0.2, 0.25) is 0 Å². The van der Waals surface area contributed by atoms with Crippen molar-refractivity contribution in [2.24, 2.45) is 0 Å². The SMILES string of the molecule is CC(C)(C)c1cc(-c2ccccc2)cc(-[n+]2[c-]n(-c3cc(Oc4ccc5c6cc(C(C)(C)c7ccccc7)ccc6n(-c6cc(C(C)(C)C)ccn6)c5c4)cc(C(C)(C)c4ccccc4)c3)c(-c3ccccc3)c2)c1. The Balaban J connectivity index is 1.09. The fraction of sp³-hybridized carbons (Fsp3) is 0.200. The molecule has 0 saturated carbocycles. The van der Waals surface area contributed by atoms with Crippen LogP contribution < -0.4 is 9.30 Å². The third-order valence-corrected chi connectivity index (χ3v) is 15.3. The molecular weight excluding hydrogens is 913 g/mol. The highest BCUT2D eigenvalue weighted by Gasteiger charge is 2.28. The Morgan fingerprint density at radius 3 is 1.68 bits per heavy atom. The molecule has 372 valence electrons. The monoisotopic (exact) mass is 979 g/mol. The Labute approximate surface area is 443 Å². The van der Waals surface area contributed by atoms with Crippen molar-refractivity contribution in [3.05, 3.63) is 258 Å². The summed E-state index contributed by atoms with van der Waals surface area (Å²) in [5, 5.41) is 2.30. The molecule has 0 aliphatic heterocycles. The van der Waals surface area contributed by atoms with E-state index < -0.39 is 0 Å². The highest BCUT2D eigenvalue weighted by molar-refractivity contribution is 6.10. The molecule has 3 aromatic heterocycles. The van der Waals surface area contributed by atoms with Gasteiger partial charge in [-0.15, -0.1) is 0 Å². The average Bonchev–Trinajstić information content (AvgIpc) is 4.02. The third-order valence-electron chi connectivity index (χ3n) is 15.3. The van der Waals surface area contributed by atoms with Crippen LogP contribution in [0.15, 0.2) is 219 Å². The number of fused-ring (bicyclic) bond motifs is 3. The second-order valence-corrected chi connectivity index (χ2v) is 23.3. The van der Waals surface area contributed by atoms with E-state index >= 15 is 0 Å². The van der Waals surface area contributed by atoms with Gasteiger partial charge in [0.2, 0.25) is 0 Å². The molecule has 0 saturated heterocycles. The zero-order valence-electron chi connectivity index (χ0n) is 45.0. The molecular formula is C70H66N4O. The molecule has 11 rings (SSSR count). The summed E-state index contributed by atoms with van der Waals surface area (Å²) in [6.45, 7) is 22.8. The molecule has 11 aromatic rings. The van der Waals surface area contributed by atoms with Crippen molar-refractivity contribution in [1.82, 2.24) is 14.1 Å². The minimum atomic E-state index is -0.387. The van der Waals surface area contributed by atoms with Crippen LogP contribution in [0.1, 0.15) is 103 Å². The maximum atomic E-state index is 7.21. The Kier molecular flexibility index (Phi) is 12.3. The van der Waals surface area contributed by atoms with Crippen molar-refractivity contribution in [3.63, 3.8) is 0 Å². The number of pyridine rings is 1. The van der Waals surface area contributed by atoms with Gasteiger partial charge in [0.05, 0.1) is 28.1 Å². The summed E-state index contributed by atoms with van der Waals surface area (Å²) < 4.78 is 13.9. The summed E-state index contributed by atoms with van der Waals surface area (Å²) in [4.78, 5) is 5.05. The van der Waals surface area contributed by atoms with Gasteiger partial charge in [-0.05, 0) is 128 Å². The maximum Gasteiger partial charge on any atom is 0.269 e. The standard InChI is InChI=1S/C70H66N4O/c1-67(2,3)53-35-36-71-66(43-53)74-63-34-31-54(69(7,8)51-27-19-13-20-28-51)42-62(63)61-33-32-59(45-64(61)74)75-60-41-56(70(9,10)52-29-21-14-22-30-52)40-58(44-60)73-47-72(46-65(73)49-25-17-12-18-26-49)57-38-50(48-23-15-11-16-24-48)37-55(39-57)68(4,5)6/h11-46H,1-10H3. The summed E-state index contributed by atoms with van der Waals surface area (Å²) in [5.41, 5.74) is 15.1. The van der Waals surface area contributed by atoms with Crippen molar-refractivity contribution in [2.45, 2.75) is 90.9 Å². The van der Waals surface area contributed by atoms with Crippen molar-refractivity contribution < 1.29 is 9.30 Å². The van der Waals surface area contributed by atoms with Gasteiger partial charge >= 0.3 is 0 Å². The second kappa shape index (κ2) is 18.9. The van der Waals surface area contributed by atoms with Crippen LogP contribution in [0, 0.1) is 6.33 Å². The van der Waals surface area contributed by atoms with Gasteiger partial charge in [-0.1, -0.05) is 203 Å². The predicted molar refractivity (Wildman–Crippen MR) is 310 cm³/mol. The molecule has 5 heteroatoms. The van der Waals surface area contributed by atoms with Crippen LogP contribution in [0.5, 0.6) is 11.5 Å². The lowest BCUT2D eigenvalue weighted by Gasteiger charge is -2.27. The Hall–Kier alpha value is -8.28. The van der Waals surface area contributed by atoms with Crippen molar-refractivity contribution in [2.75, 3.05) is 0 Å². The van der Waals surface area contributed by atoms with Crippen molar-refractivity contribution in [3.8, 4) is 51.1 Å². The first-order valence-electron chi connectivity index (χ1n) is 26.3. The van der Waals surface area contributed by atoms with Gasteiger partial charge in [-0.25, -0.2) is 4.98 Å². The minimum absolute atomic E-state index is 0.0633. The van der Waals surface area contributed by atoms with E-state index in [0.717, 1.165) is 61.9 Å². The topological polar surface area (TPSA) is 35.9 Å². The quantitative estimate of drug-likeness (QED) is 0.0956. The molecule has 0 aliphatic rings. The Morgan fingerprint density at radius 1 is 0.427 bits per heavy atom. The van der Waals surface area contributed by atoms with Gasteiger partial charge in [0.15, 0.2) is 0 Å².